The van der Waals surface area contributed by atoms with E-state index >= 15 is 0 Å². The van der Waals surface area contributed by atoms with Gasteiger partial charge in [-0.15, -0.1) is 0 Å². The largest absolute Gasteiger partial charge is 0.462 e. The third-order valence-corrected chi connectivity index (χ3v) is 9.11. The highest BCUT2D eigenvalue weighted by molar-refractivity contribution is 5.71. The molecular formula is C52H82O6. The van der Waals surface area contributed by atoms with Gasteiger partial charge in [-0.1, -0.05) is 182 Å². The molecule has 0 N–H and O–H groups in total. The second-order valence-corrected chi connectivity index (χ2v) is 14.7. The van der Waals surface area contributed by atoms with E-state index in [1.807, 2.05) is 36.5 Å². The summed E-state index contributed by atoms with van der Waals surface area (Å²) in [6, 6.07) is 0. The summed E-state index contributed by atoms with van der Waals surface area (Å²) in [5.41, 5.74) is 0. The maximum absolute atomic E-state index is 12.7. The van der Waals surface area contributed by atoms with Crippen molar-refractivity contribution in [3.05, 3.63) is 109 Å². The van der Waals surface area contributed by atoms with Gasteiger partial charge in [-0.2, -0.15) is 0 Å². The van der Waals surface area contributed by atoms with Crippen LogP contribution >= 0.6 is 0 Å². The lowest BCUT2D eigenvalue weighted by Crippen LogP contribution is -2.30. The Bertz CT molecular complexity index is 1240. The van der Waals surface area contributed by atoms with Crippen LogP contribution in [-0.2, 0) is 28.6 Å². The van der Waals surface area contributed by atoms with Crippen LogP contribution in [-0.4, -0.2) is 37.2 Å². The van der Waals surface area contributed by atoms with Crippen LogP contribution in [0.4, 0.5) is 0 Å². The summed E-state index contributed by atoms with van der Waals surface area (Å²) in [5.74, 6) is -1.06. The number of hydrogen-bond donors (Lipinski definition) is 0. The molecule has 6 nitrogen and oxygen atoms in total. The number of unbranched alkanes of at least 4 members (excludes halogenated alkanes) is 14. The van der Waals surface area contributed by atoms with Gasteiger partial charge in [0.2, 0.25) is 0 Å². The van der Waals surface area contributed by atoms with E-state index in [9.17, 15) is 14.4 Å². The number of hydrogen-bond acceptors (Lipinski definition) is 6. The van der Waals surface area contributed by atoms with Crippen LogP contribution in [0.2, 0.25) is 0 Å². The number of esters is 3. The van der Waals surface area contributed by atoms with Crippen LogP contribution < -0.4 is 0 Å². The predicted molar refractivity (Wildman–Crippen MR) is 247 cm³/mol. The highest BCUT2D eigenvalue weighted by Gasteiger charge is 2.19. The van der Waals surface area contributed by atoms with E-state index in [4.69, 9.17) is 14.2 Å². The van der Waals surface area contributed by atoms with E-state index in [2.05, 4.69) is 93.7 Å². The molecule has 0 saturated carbocycles. The summed E-state index contributed by atoms with van der Waals surface area (Å²) >= 11 is 0. The molecule has 0 aromatic rings. The summed E-state index contributed by atoms with van der Waals surface area (Å²) < 4.78 is 16.6. The minimum atomic E-state index is -0.829. The average Bonchev–Trinajstić information content (AvgIpc) is 3.22. The van der Waals surface area contributed by atoms with Crippen molar-refractivity contribution in [2.24, 2.45) is 0 Å². The van der Waals surface area contributed by atoms with E-state index in [0.29, 0.717) is 19.3 Å². The fraction of sp³-hybridized carbons (Fsp3) is 0.596. The summed E-state index contributed by atoms with van der Waals surface area (Å²) in [6.45, 7) is 6.23. The first-order valence-electron chi connectivity index (χ1n) is 23.0. The van der Waals surface area contributed by atoms with Gasteiger partial charge in [0.05, 0.1) is 0 Å². The highest BCUT2D eigenvalue weighted by atomic mass is 16.6. The van der Waals surface area contributed by atoms with E-state index < -0.39 is 6.10 Å². The maximum Gasteiger partial charge on any atom is 0.306 e. The quantitative estimate of drug-likeness (QED) is 0.0202. The Kier molecular flexibility index (Phi) is 42.7. The van der Waals surface area contributed by atoms with Gasteiger partial charge in [0, 0.05) is 19.3 Å². The van der Waals surface area contributed by atoms with Crippen molar-refractivity contribution in [1.82, 2.24) is 0 Å². The predicted octanol–water partition coefficient (Wildman–Crippen LogP) is 14.8. The first kappa shape index (κ1) is 54.1. The van der Waals surface area contributed by atoms with Crippen molar-refractivity contribution < 1.29 is 28.6 Å². The van der Waals surface area contributed by atoms with Crippen molar-refractivity contribution in [1.29, 1.82) is 0 Å². The maximum atomic E-state index is 12.7. The molecule has 0 fully saturated rings. The molecule has 0 aliphatic heterocycles. The molecule has 0 aliphatic rings. The molecule has 0 saturated heterocycles. The zero-order valence-corrected chi connectivity index (χ0v) is 37.0. The molecule has 0 radical (unpaired) electrons. The monoisotopic (exact) mass is 803 g/mol. The van der Waals surface area contributed by atoms with Gasteiger partial charge >= 0.3 is 17.9 Å². The van der Waals surface area contributed by atoms with Gasteiger partial charge in [0.15, 0.2) is 6.10 Å². The van der Waals surface area contributed by atoms with E-state index in [-0.39, 0.29) is 44.0 Å². The molecule has 0 aliphatic carbocycles. The van der Waals surface area contributed by atoms with Crippen LogP contribution in [0.3, 0.4) is 0 Å². The van der Waals surface area contributed by atoms with Crippen LogP contribution in [0.1, 0.15) is 181 Å². The minimum absolute atomic E-state index is 0.126. The molecule has 0 amide bonds. The number of carbonyl (C=O) groups excluding carboxylic acids is 3. The topological polar surface area (TPSA) is 78.9 Å². The standard InChI is InChI=1S/C52H82O6/c1-4-7-10-13-16-19-22-24-25-26-28-30-33-36-39-42-45-51(54)57-48-49(47-56-50(53)44-41-38-35-32-29-21-18-15-12-9-6-3)58-52(55)46-43-40-37-34-31-27-23-20-17-14-11-8-5-2/h8-9,11-12,14,17-18,20-21,23,25-28,30-32,35,49H,4-7,10,13,15-16,19,22,24,29,33-34,36-48H2,1-3H3/b11-8-,12-9-,17-14-,21-18-,23-20-,26-25-,30-28-,31-27-,35-32-. The number of allylic oxidation sites excluding steroid dienone is 18. The van der Waals surface area contributed by atoms with Crippen LogP contribution in [0.15, 0.2) is 109 Å². The zero-order chi connectivity index (χ0) is 42.3. The molecule has 0 bridgehead atoms. The smallest absolute Gasteiger partial charge is 0.306 e. The Balaban J connectivity index is 4.56. The number of rotatable bonds is 39. The van der Waals surface area contributed by atoms with Crippen molar-refractivity contribution in [3.63, 3.8) is 0 Å². The van der Waals surface area contributed by atoms with E-state index in [1.54, 1.807) is 0 Å². The molecular weight excluding hydrogens is 721 g/mol. The van der Waals surface area contributed by atoms with Crippen molar-refractivity contribution in [2.45, 2.75) is 187 Å². The summed E-state index contributed by atoms with van der Waals surface area (Å²) in [6.07, 6.45) is 60.8. The van der Waals surface area contributed by atoms with E-state index in [0.717, 1.165) is 83.5 Å². The van der Waals surface area contributed by atoms with Crippen molar-refractivity contribution >= 4 is 17.9 Å². The molecule has 0 heterocycles. The molecule has 1 atom stereocenters. The fourth-order valence-corrected chi connectivity index (χ4v) is 5.70. The Labute approximate surface area is 355 Å². The molecule has 0 aromatic heterocycles. The zero-order valence-electron chi connectivity index (χ0n) is 37.0. The van der Waals surface area contributed by atoms with Crippen LogP contribution in [0.5, 0.6) is 0 Å². The lowest BCUT2D eigenvalue weighted by molar-refractivity contribution is -0.167. The minimum Gasteiger partial charge on any atom is -0.462 e. The average molecular weight is 803 g/mol. The second-order valence-electron chi connectivity index (χ2n) is 14.7. The Hall–Kier alpha value is -3.93. The number of carbonyl (C=O) groups is 3. The summed E-state index contributed by atoms with van der Waals surface area (Å²) in [5, 5.41) is 0. The lowest BCUT2D eigenvalue weighted by atomic mass is 10.1. The van der Waals surface area contributed by atoms with Crippen LogP contribution in [0, 0.1) is 0 Å². The SMILES string of the molecule is CC\C=C/C=C\C=C/C=C\CCCCCC(=O)OC(COC(=O)CCC/C=C\C/C=C\C/C=C\CC)COC(=O)CCCCC/C=C\C=C/CCCCCCCCC. The molecule has 0 aromatic carbocycles. The Morgan fingerprint density at radius 2 is 0.776 bits per heavy atom. The first-order valence-corrected chi connectivity index (χ1v) is 23.0. The molecule has 326 valence electrons. The van der Waals surface area contributed by atoms with Crippen molar-refractivity contribution in [2.75, 3.05) is 13.2 Å². The van der Waals surface area contributed by atoms with Crippen molar-refractivity contribution in [3.8, 4) is 0 Å². The molecule has 1 unspecified atom stereocenters. The van der Waals surface area contributed by atoms with E-state index in [1.165, 1.54) is 44.9 Å². The fourth-order valence-electron chi connectivity index (χ4n) is 5.70. The lowest BCUT2D eigenvalue weighted by Gasteiger charge is -2.18. The van der Waals surface area contributed by atoms with Gasteiger partial charge < -0.3 is 14.2 Å². The van der Waals surface area contributed by atoms with Gasteiger partial charge in [0.1, 0.15) is 13.2 Å². The molecule has 0 spiro atoms. The van der Waals surface area contributed by atoms with Gasteiger partial charge in [-0.05, 0) is 89.9 Å². The highest BCUT2D eigenvalue weighted by Crippen LogP contribution is 2.11. The summed E-state index contributed by atoms with van der Waals surface area (Å²) in [7, 11) is 0. The van der Waals surface area contributed by atoms with Gasteiger partial charge in [-0.25, -0.2) is 0 Å². The third-order valence-electron chi connectivity index (χ3n) is 9.11. The molecule has 58 heavy (non-hydrogen) atoms. The van der Waals surface area contributed by atoms with Gasteiger partial charge in [-0.3, -0.25) is 14.4 Å². The third kappa shape index (κ3) is 43.2. The molecule has 6 heteroatoms. The summed E-state index contributed by atoms with van der Waals surface area (Å²) in [4.78, 5) is 37.7. The number of ether oxygens (including phenoxy) is 3. The second kappa shape index (κ2) is 45.8. The van der Waals surface area contributed by atoms with Gasteiger partial charge in [0.25, 0.3) is 0 Å². The molecule has 0 rings (SSSR count). The van der Waals surface area contributed by atoms with Crippen LogP contribution in [0.25, 0.3) is 0 Å². The Morgan fingerprint density at radius 3 is 1.33 bits per heavy atom. The Morgan fingerprint density at radius 1 is 0.379 bits per heavy atom. The first-order chi connectivity index (χ1) is 28.5. The normalized spacial score (nSPS) is 13.1.